The van der Waals surface area contributed by atoms with E-state index in [1.165, 1.54) is 4.57 Å². The highest BCUT2D eigenvalue weighted by Crippen LogP contribution is 2.23. The number of rotatable bonds is 9. The number of carbonyl (C=O) groups is 1. The number of hydrogen-bond acceptors (Lipinski definition) is 7. The number of aromatic nitrogens is 2. The molecule has 184 valence electrons. The number of phenolic OH excluding ortho intramolecular Hbond substituents is 1. The molecule has 36 heavy (non-hydrogen) atoms. The molecule has 4 rings (SSSR count). The number of aromatic hydroxyl groups is 1. The lowest BCUT2D eigenvalue weighted by Gasteiger charge is -2.13. The predicted octanol–water partition coefficient (Wildman–Crippen LogP) is 4.51. The van der Waals surface area contributed by atoms with Gasteiger partial charge in [-0.15, -0.1) is 0 Å². The van der Waals surface area contributed by atoms with Crippen LogP contribution in [0.25, 0.3) is 16.6 Å². The van der Waals surface area contributed by atoms with Gasteiger partial charge in [0.15, 0.2) is 5.16 Å². The van der Waals surface area contributed by atoms with Crippen LogP contribution in [0.3, 0.4) is 0 Å². The molecule has 0 bridgehead atoms. The van der Waals surface area contributed by atoms with Gasteiger partial charge >= 0.3 is 0 Å². The highest BCUT2D eigenvalue weighted by Gasteiger charge is 2.15. The fourth-order valence-corrected chi connectivity index (χ4v) is 4.39. The van der Waals surface area contributed by atoms with Crippen LogP contribution in [0.4, 0.5) is 0 Å². The molecule has 0 radical (unpaired) electrons. The number of fused-ring (bicyclic) bond motifs is 1. The molecule has 9 heteroatoms. The maximum absolute atomic E-state index is 13.4. The molecule has 3 aromatic carbocycles. The Morgan fingerprint density at radius 2 is 1.78 bits per heavy atom. The van der Waals surface area contributed by atoms with Gasteiger partial charge in [-0.3, -0.25) is 14.2 Å². The van der Waals surface area contributed by atoms with Gasteiger partial charge < -0.3 is 9.84 Å². The van der Waals surface area contributed by atoms with E-state index in [-0.39, 0.29) is 23.0 Å². The van der Waals surface area contributed by atoms with Crippen LogP contribution in [0.5, 0.6) is 11.5 Å². The lowest BCUT2D eigenvalue weighted by Crippen LogP contribution is -2.24. The van der Waals surface area contributed by atoms with Gasteiger partial charge in [0.25, 0.3) is 11.5 Å². The van der Waals surface area contributed by atoms with Crippen LogP contribution in [0.2, 0.25) is 0 Å². The Labute approximate surface area is 212 Å². The molecule has 0 atom stereocenters. The molecule has 0 saturated heterocycles. The third-order valence-corrected chi connectivity index (χ3v) is 6.27. The number of benzene rings is 3. The first kappa shape index (κ1) is 25.0. The van der Waals surface area contributed by atoms with Crippen LogP contribution >= 0.6 is 11.8 Å². The zero-order valence-electron chi connectivity index (χ0n) is 20.0. The van der Waals surface area contributed by atoms with Gasteiger partial charge in [0, 0.05) is 0 Å². The summed E-state index contributed by atoms with van der Waals surface area (Å²) in [6.45, 7) is 4.38. The van der Waals surface area contributed by atoms with E-state index in [0.29, 0.717) is 46.2 Å². The molecule has 0 aliphatic heterocycles. The summed E-state index contributed by atoms with van der Waals surface area (Å²) in [6, 6.07) is 20.9. The average molecular weight is 503 g/mol. The van der Waals surface area contributed by atoms with Gasteiger partial charge in [-0.1, -0.05) is 30.8 Å². The second-order valence-electron chi connectivity index (χ2n) is 7.76. The molecule has 0 aliphatic carbocycles. The lowest BCUT2D eigenvalue weighted by atomic mass is 10.1. The van der Waals surface area contributed by atoms with Crippen molar-refractivity contribution in [3.8, 4) is 17.2 Å². The first-order valence-electron chi connectivity index (χ1n) is 11.5. The number of phenols is 1. The third kappa shape index (κ3) is 5.75. The average Bonchev–Trinajstić information content (AvgIpc) is 2.90. The molecule has 1 heterocycles. The molecule has 0 fully saturated rings. The van der Waals surface area contributed by atoms with Crippen LogP contribution in [0.15, 0.2) is 87.8 Å². The van der Waals surface area contributed by atoms with E-state index in [1.807, 2.05) is 19.9 Å². The first-order valence-corrected chi connectivity index (χ1v) is 12.5. The van der Waals surface area contributed by atoms with E-state index in [4.69, 9.17) is 4.74 Å². The Hall–Kier alpha value is -4.11. The number of thioether (sulfide) groups is 1. The van der Waals surface area contributed by atoms with E-state index in [0.717, 1.165) is 17.3 Å². The van der Waals surface area contributed by atoms with Gasteiger partial charge in [-0.2, -0.15) is 5.10 Å². The Balaban J connectivity index is 1.58. The molecule has 4 aromatic rings. The summed E-state index contributed by atoms with van der Waals surface area (Å²) in [6.07, 6.45) is 0.599. The number of hydrogen-bond donors (Lipinski definition) is 2. The minimum atomic E-state index is -0.328. The van der Waals surface area contributed by atoms with Crippen molar-refractivity contribution in [2.24, 2.45) is 5.10 Å². The zero-order chi connectivity index (χ0) is 25.5. The van der Waals surface area contributed by atoms with Crippen molar-refractivity contribution in [1.82, 2.24) is 15.0 Å². The first-order chi connectivity index (χ1) is 17.5. The second kappa shape index (κ2) is 11.5. The summed E-state index contributed by atoms with van der Waals surface area (Å²) in [4.78, 5) is 30.7. The minimum Gasteiger partial charge on any atom is -0.508 e. The molecular weight excluding hydrogens is 476 g/mol. The summed E-state index contributed by atoms with van der Waals surface area (Å²) in [5.74, 6) is 0.550. The highest BCUT2D eigenvalue weighted by molar-refractivity contribution is 7.99. The fraction of sp³-hybridized carbons (Fsp3) is 0.185. The largest absolute Gasteiger partial charge is 0.508 e. The Morgan fingerprint density at radius 1 is 1.06 bits per heavy atom. The smallest absolute Gasteiger partial charge is 0.266 e. The van der Waals surface area contributed by atoms with Crippen LogP contribution in [-0.4, -0.2) is 38.6 Å². The summed E-state index contributed by atoms with van der Waals surface area (Å²) >= 11 is 1.16. The molecule has 0 spiro atoms. The van der Waals surface area contributed by atoms with Gasteiger partial charge in [-0.25, -0.2) is 10.4 Å². The van der Waals surface area contributed by atoms with Gasteiger partial charge in [-0.05, 0) is 79.6 Å². The number of nitrogens with one attached hydrogen (secondary N) is 1. The summed E-state index contributed by atoms with van der Waals surface area (Å²) in [5.41, 5.74) is 5.05. The SMILES string of the molecule is CCOc1ccc(-n2c(SCC(=O)N/N=C(\CC)c3ccc(O)cc3)nc3ccccc3c2=O)cc1. The summed E-state index contributed by atoms with van der Waals surface area (Å²) in [7, 11) is 0. The maximum Gasteiger partial charge on any atom is 0.266 e. The van der Waals surface area contributed by atoms with E-state index in [1.54, 1.807) is 66.7 Å². The monoisotopic (exact) mass is 502 g/mol. The highest BCUT2D eigenvalue weighted by atomic mass is 32.2. The number of hydrazone groups is 1. The molecule has 1 amide bonds. The minimum absolute atomic E-state index is 0.0118. The lowest BCUT2D eigenvalue weighted by molar-refractivity contribution is -0.118. The molecule has 0 saturated carbocycles. The van der Waals surface area contributed by atoms with E-state index < -0.39 is 0 Å². The van der Waals surface area contributed by atoms with E-state index >= 15 is 0 Å². The van der Waals surface area contributed by atoms with Gasteiger partial charge in [0.1, 0.15) is 11.5 Å². The predicted molar refractivity (Wildman–Crippen MR) is 142 cm³/mol. The quantitative estimate of drug-likeness (QED) is 0.151. The van der Waals surface area contributed by atoms with Crippen molar-refractivity contribution < 1.29 is 14.6 Å². The molecule has 0 aliphatic rings. The summed E-state index contributed by atoms with van der Waals surface area (Å²) < 4.78 is 7.02. The third-order valence-electron chi connectivity index (χ3n) is 5.33. The van der Waals surface area contributed by atoms with Crippen LogP contribution < -0.4 is 15.7 Å². The van der Waals surface area contributed by atoms with Crippen molar-refractivity contribution in [2.45, 2.75) is 25.4 Å². The Morgan fingerprint density at radius 3 is 2.47 bits per heavy atom. The van der Waals surface area contributed by atoms with Crippen molar-refractivity contribution in [1.29, 1.82) is 0 Å². The van der Waals surface area contributed by atoms with Gasteiger partial charge in [0.2, 0.25) is 0 Å². The van der Waals surface area contributed by atoms with Crippen molar-refractivity contribution in [3.63, 3.8) is 0 Å². The zero-order valence-corrected chi connectivity index (χ0v) is 20.8. The Kier molecular flexibility index (Phi) is 8.02. The number of para-hydroxylation sites is 1. The maximum atomic E-state index is 13.4. The fourth-order valence-electron chi connectivity index (χ4n) is 3.59. The number of amides is 1. The molecule has 0 unspecified atom stereocenters. The molecule has 8 nitrogen and oxygen atoms in total. The molecule has 2 N–H and O–H groups in total. The van der Waals surface area contributed by atoms with E-state index in [9.17, 15) is 14.7 Å². The second-order valence-corrected chi connectivity index (χ2v) is 8.70. The molecule has 1 aromatic heterocycles. The van der Waals surface area contributed by atoms with Gasteiger partial charge in [0.05, 0.1) is 34.7 Å². The number of ether oxygens (including phenoxy) is 1. The van der Waals surface area contributed by atoms with E-state index in [2.05, 4.69) is 15.5 Å². The number of nitrogens with zero attached hydrogens (tertiary/aromatic N) is 3. The van der Waals surface area contributed by atoms with Crippen molar-refractivity contribution in [2.75, 3.05) is 12.4 Å². The topological polar surface area (TPSA) is 106 Å². The van der Waals surface area contributed by atoms with Crippen LogP contribution in [-0.2, 0) is 4.79 Å². The van der Waals surface area contributed by atoms with Crippen LogP contribution in [0, 0.1) is 0 Å². The van der Waals surface area contributed by atoms with Crippen molar-refractivity contribution >= 4 is 34.3 Å². The Bertz CT molecular complexity index is 1450. The van der Waals surface area contributed by atoms with Crippen LogP contribution in [0.1, 0.15) is 25.8 Å². The standard InChI is InChI=1S/C27H26N4O4S/c1-3-23(18-9-13-20(32)14-10-18)29-30-25(33)17-36-27-28-24-8-6-5-7-22(24)26(34)31(27)19-11-15-21(16-12-19)35-4-2/h5-16,32H,3-4,17H2,1-2H3,(H,30,33)/b29-23+. The molecular formula is C27H26N4O4S. The summed E-state index contributed by atoms with van der Waals surface area (Å²) in [5, 5.41) is 14.6. The number of carbonyl (C=O) groups excluding carboxylic acids is 1. The normalized spacial score (nSPS) is 11.4. The van der Waals surface area contributed by atoms with Crippen molar-refractivity contribution in [3.05, 3.63) is 88.7 Å².